The van der Waals surface area contributed by atoms with Crippen LogP contribution in [-0.2, 0) is 11.8 Å². The SMILES string of the molecule is C[C@H](Sc1nnnn1C)C(=O)Nc1ccc2ccccc2c1. The molecule has 0 saturated carbocycles. The number of fused-ring (bicyclic) bond motifs is 1. The molecule has 0 aliphatic carbocycles. The third-order valence-corrected chi connectivity index (χ3v) is 4.37. The highest BCUT2D eigenvalue weighted by Gasteiger charge is 2.17. The van der Waals surface area contributed by atoms with E-state index in [1.54, 1.807) is 11.7 Å². The number of aromatic nitrogens is 4. The maximum atomic E-state index is 12.3. The maximum Gasteiger partial charge on any atom is 0.237 e. The second-order valence-electron chi connectivity index (χ2n) is 4.90. The maximum absolute atomic E-state index is 12.3. The molecule has 0 fully saturated rings. The Bertz CT molecular complexity index is 816. The molecular weight excluding hydrogens is 298 g/mol. The van der Waals surface area contributed by atoms with Crippen LogP contribution >= 0.6 is 11.8 Å². The molecule has 112 valence electrons. The van der Waals surface area contributed by atoms with Gasteiger partial charge in [0.1, 0.15) is 0 Å². The first-order valence-electron chi connectivity index (χ1n) is 6.82. The normalized spacial score (nSPS) is 12.3. The van der Waals surface area contributed by atoms with Gasteiger partial charge in [0.15, 0.2) is 0 Å². The van der Waals surface area contributed by atoms with Gasteiger partial charge in [-0.3, -0.25) is 4.79 Å². The summed E-state index contributed by atoms with van der Waals surface area (Å²) in [6.07, 6.45) is 0. The fourth-order valence-corrected chi connectivity index (χ4v) is 2.80. The summed E-state index contributed by atoms with van der Waals surface area (Å²) < 4.78 is 1.55. The molecule has 3 rings (SSSR count). The summed E-state index contributed by atoms with van der Waals surface area (Å²) in [5, 5.41) is 16.7. The molecular formula is C15H15N5OS. The molecule has 1 amide bonds. The Labute approximate surface area is 131 Å². The highest BCUT2D eigenvalue weighted by molar-refractivity contribution is 8.00. The predicted molar refractivity (Wildman–Crippen MR) is 86.7 cm³/mol. The van der Waals surface area contributed by atoms with E-state index < -0.39 is 0 Å². The Balaban J connectivity index is 1.70. The molecule has 0 aliphatic rings. The number of benzene rings is 2. The highest BCUT2D eigenvalue weighted by atomic mass is 32.2. The molecule has 3 aromatic rings. The van der Waals surface area contributed by atoms with Crippen LogP contribution < -0.4 is 5.32 Å². The smallest absolute Gasteiger partial charge is 0.237 e. The van der Waals surface area contributed by atoms with Crippen molar-refractivity contribution in [1.82, 2.24) is 20.2 Å². The van der Waals surface area contributed by atoms with Gasteiger partial charge in [-0.2, -0.15) is 0 Å². The van der Waals surface area contributed by atoms with Gasteiger partial charge >= 0.3 is 0 Å². The summed E-state index contributed by atoms with van der Waals surface area (Å²) in [7, 11) is 1.75. The Morgan fingerprint density at radius 1 is 1.23 bits per heavy atom. The number of nitrogens with one attached hydrogen (secondary N) is 1. The lowest BCUT2D eigenvalue weighted by molar-refractivity contribution is -0.115. The van der Waals surface area contributed by atoms with Crippen molar-refractivity contribution in [2.75, 3.05) is 5.32 Å². The number of aryl methyl sites for hydroxylation is 1. The van der Waals surface area contributed by atoms with Crippen LogP contribution in [0.2, 0.25) is 0 Å². The minimum Gasteiger partial charge on any atom is -0.325 e. The molecule has 7 heteroatoms. The van der Waals surface area contributed by atoms with E-state index in [0.717, 1.165) is 16.5 Å². The summed E-state index contributed by atoms with van der Waals surface area (Å²) in [4.78, 5) is 12.3. The lowest BCUT2D eigenvalue weighted by Crippen LogP contribution is -2.22. The Kier molecular flexibility index (Phi) is 4.06. The molecule has 0 saturated heterocycles. The number of thioether (sulfide) groups is 1. The number of tetrazole rings is 1. The highest BCUT2D eigenvalue weighted by Crippen LogP contribution is 2.22. The van der Waals surface area contributed by atoms with Gasteiger partial charge < -0.3 is 5.32 Å². The summed E-state index contributed by atoms with van der Waals surface area (Å²) in [5.74, 6) is -0.0803. The van der Waals surface area contributed by atoms with Gasteiger partial charge in [0.2, 0.25) is 11.1 Å². The van der Waals surface area contributed by atoms with E-state index in [-0.39, 0.29) is 11.2 Å². The van der Waals surface area contributed by atoms with E-state index in [9.17, 15) is 4.79 Å². The lowest BCUT2D eigenvalue weighted by Gasteiger charge is -2.11. The molecule has 1 N–H and O–H groups in total. The van der Waals surface area contributed by atoms with Crippen LogP contribution in [0.1, 0.15) is 6.92 Å². The summed E-state index contributed by atoms with van der Waals surface area (Å²) in [6.45, 7) is 1.83. The fraction of sp³-hybridized carbons (Fsp3) is 0.200. The predicted octanol–water partition coefficient (Wildman–Crippen LogP) is 2.48. The van der Waals surface area contributed by atoms with Crippen molar-refractivity contribution >= 4 is 34.1 Å². The van der Waals surface area contributed by atoms with E-state index in [1.807, 2.05) is 49.4 Å². The molecule has 6 nitrogen and oxygen atoms in total. The number of carbonyl (C=O) groups excluding carboxylic acids is 1. The number of amides is 1. The number of anilines is 1. The fourth-order valence-electron chi connectivity index (χ4n) is 2.04. The molecule has 1 atom stereocenters. The summed E-state index contributed by atoms with van der Waals surface area (Å²) >= 11 is 1.32. The Hall–Kier alpha value is -2.41. The zero-order valence-corrected chi connectivity index (χ0v) is 13.0. The largest absolute Gasteiger partial charge is 0.325 e. The average Bonchev–Trinajstić information content (AvgIpc) is 2.92. The van der Waals surface area contributed by atoms with Crippen molar-refractivity contribution < 1.29 is 4.79 Å². The minimum absolute atomic E-state index is 0.0803. The van der Waals surface area contributed by atoms with Gasteiger partial charge in [-0.15, -0.1) is 5.10 Å². The first kappa shape index (κ1) is 14.5. The van der Waals surface area contributed by atoms with E-state index >= 15 is 0 Å². The van der Waals surface area contributed by atoms with Crippen molar-refractivity contribution in [3.8, 4) is 0 Å². The zero-order valence-electron chi connectivity index (χ0n) is 12.2. The van der Waals surface area contributed by atoms with E-state index in [4.69, 9.17) is 0 Å². The van der Waals surface area contributed by atoms with Crippen LogP contribution in [-0.4, -0.2) is 31.4 Å². The second kappa shape index (κ2) is 6.15. The minimum atomic E-state index is -0.295. The summed E-state index contributed by atoms with van der Waals surface area (Å²) in [6, 6.07) is 13.9. The van der Waals surface area contributed by atoms with E-state index in [1.165, 1.54) is 11.8 Å². The number of carbonyl (C=O) groups is 1. The molecule has 1 heterocycles. The average molecular weight is 313 g/mol. The molecule has 0 unspecified atom stereocenters. The molecule has 0 spiro atoms. The Morgan fingerprint density at radius 3 is 2.73 bits per heavy atom. The third kappa shape index (κ3) is 3.09. The van der Waals surface area contributed by atoms with Gasteiger partial charge in [-0.25, -0.2) is 4.68 Å². The van der Waals surface area contributed by atoms with Gasteiger partial charge in [-0.1, -0.05) is 42.1 Å². The lowest BCUT2D eigenvalue weighted by atomic mass is 10.1. The number of rotatable bonds is 4. The molecule has 0 aliphatic heterocycles. The third-order valence-electron chi connectivity index (χ3n) is 3.25. The summed E-state index contributed by atoms with van der Waals surface area (Å²) in [5.41, 5.74) is 0.784. The van der Waals surface area contributed by atoms with Crippen molar-refractivity contribution in [3.05, 3.63) is 42.5 Å². The molecule has 0 bridgehead atoms. The van der Waals surface area contributed by atoms with Crippen molar-refractivity contribution in [2.24, 2.45) is 7.05 Å². The van der Waals surface area contributed by atoms with Crippen LogP contribution in [0.5, 0.6) is 0 Å². The molecule has 22 heavy (non-hydrogen) atoms. The first-order chi connectivity index (χ1) is 10.6. The monoisotopic (exact) mass is 313 g/mol. The van der Waals surface area contributed by atoms with Crippen molar-refractivity contribution in [3.63, 3.8) is 0 Å². The van der Waals surface area contributed by atoms with Crippen LogP contribution in [0, 0.1) is 0 Å². The Morgan fingerprint density at radius 2 is 2.00 bits per heavy atom. The van der Waals surface area contributed by atoms with Gasteiger partial charge in [0, 0.05) is 12.7 Å². The van der Waals surface area contributed by atoms with Crippen molar-refractivity contribution in [2.45, 2.75) is 17.3 Å². The van der Waals surface area contributed by atoms with Gasteiger partial charge in [-0.05, 0) is 40.3 Å². The first-order valence-corrected chi connectivity index (χ1v) is 7.70. The van der Waals surface area contributed by atoms with E-state index in [2.05, 4.69) is 20.8 Å². The van der Waals surface area contributed by atoms with Crippen LogP contribution in [0.15, 0.2) is 47.6 Å². The topological polar surface area (TPSA) is 72.7 Å². The van der Waals surface area contributed by atoms with Crippen LogP contribution in [0.25, 0.3) is 10.8 Å². The van der Waals surface area contributed by atoms with E-state index in [0.29, 0.717) is 5.16 Å². The van der Waals surface area contributed by atoms with Crippen LogP contribution in [0.3, 0.4) is 0 Å². The van der Waals surface area contributed by atoms with Gasteiger partial charge in [0.05, 0.1) is 5.25 Å². The van der Waals surface area contributed by atoms with Crippen LogP contribution in [0.4, 0.5) is 5.69 Å². The second-order valence-corrected chi connectivity index (χ2v) is 6.20. The van der Waals surface area contributed by atoms with Crippen molar-refractivity contribution in [1.29, 1.82) is 0 Å². The standard InChI is InChI=1S/C15H15N5OS/c1-10(22-15-17-18-19-20(15)2)14(21)16-13-8-7-11-5-3-4-6-12(11)9-13/h3-10H,1-2H3,(H,16,21)/t10-/m0/s1. The molecule has 1 aromatic heterocycles. The quantitative estimate of drug-likeness (QED) is 0.749. The number of hydrogen-bond donors (Lipinski definition) is 1. The zero-order chi connectivity index (χ0) is 15.5. The van der Waals surface area contributed by atoms with Gasteiger partial charge in [0.25, 0.3) is 0 Å². The number of hydrogen-bond acceptors (Lipinski definition) is 5. The number of nitrogens with zero attached hydrogens (tertiary/aromatic N) is 4. The molecule has 0 radical (unpaired) electrons. The molecule has 2 aromatic carbocycles.